The third-order valence-electron chi connectivity index (χ3n) is 3.62. The molecule has 1 aromatic rings. The van der Waals surface area contributed by atoms with E-state index in [0.29, 0.717) is 0 Å². The van der Waals surface area contributed by atoms with Crippen LogP contribution in [0.4, 0.5) is 5.69 Å². The third kappa shape index (κ3) is 1.44. The Hall–Kier alpha value is -0.730. The predicted octanol–water partition coefficient (Wildman–Crippen LogP) is 2.81. The SMILES string of the molecule is Clc1ccc2c(c1)C1(CCOCC1)CN2. The van der Waals surface area contributed by atoms with E-state index in [4.69, 9.17) is 16.3 Å². The third-order valence-corrected chi connectivity index (χ3v) is 3.86. The molecule has 2 heterocycles. The van der Waals surface area contributed by atoms with Crippen molar-refractivity contribution in [2.24, 2.45) is 0 Å². The van der Waals surface area contributed by atoms with Gasteiger partial charge in [0.2, 0.25) is 0 Å². The highest BCUT2D eigenvalue weighted by Crippen LogP contribution is 2.44. The van der Waals surface area contributed by atoms with Gasteiger partial charge in [-0.05, 0) is 36.6 Å². The fourth-order valence-corrected chi connectivity index (χ4v) is 2.85. The van der Waals surface area contributed by atoms with Gasteiger partial charge in [-0.15, -0.1) is 0 Å². The number of rotatable bonds is 0. The molecule has 1 fully saturated rings. The number of nitrogens with one attached hydrogen (secondary N) is 1. The summed E-state index contributed by atoms with van der Waals surface area (Å²) in [6.07, 6.45) is 2.21. The zero-order valence-corrected chi connectivity index (χ0v) is 9.31. The maximum atomic E-state index is 6.07. The van der Waals surface area contributed by atoms with Crippen molar-refractivity contribution in [3.05, 3.63) is 28.8 Å². The number of hydrogen-bond acceptors (Lipinski definition) is 2. The second-order valence-electron chi connectivity index (χ2n) is 4.44. The summed E-state index contributed by atoms with van der Waals surface area (Å²) in [5.41, 5.74) is 2.91. The Morgan fingerprint density at radius 2 is 2.07 bits per heavy atom. The van der Waals surface area contributed by atoms with Crippen LogP contribution >= 0.6 is 11.6 Å². The Bertz CT molecular complexity index is 380. The van der Waals surface area contributed by atoms with Gasteiger partial charge in [-0.2, -0.15) is 0 Å². The molecule has 1 saturated heterocycles. The molecule has 2 aliphatic rings. The fourth-order valence-electron chi connectivity index (χ4n) is 2.68. The first-order valence-electron chi connectivity index (χ1n) is 5.42. The van der Waals surface area contributed by atoms with Crippen molar-refractivity contribution < 1.29 is 4.74 Å². The number of halogens is 1. The highest BCUT2D eigenvalue weighted by Gasteiger charge is 2.40. The Labute approximate surface area is 94.6 Å². The highest BCUT2D eigenvalue weighted by molar-refractivity contribution is 6.30. The summed E-state index contributed by atoms with van der Waals surface area (Å²) in [7, 11) is 0. The van der Waals surface area contributed by atoms with Crippen LogP contribution < -0.4 is 5.32 Å². The van der Waals surface area contributed by atoms with Crippen LogP contribution in [-0.4, -0.2) is 19.8 Å². The maximum Gasteiger partial charge on any atom is 0.0475 e. The van der Waals surface area contributed by atoms with E-state index in [1.165, 1.54) is 11.3 Å². The van der Waals surface area contributed by atoms with Crippen LogP contribution in [-0.2, 0) is 10.2 Å². The zero-order chi connectivity index (χ0) is 10.3. The summed E-state index contributed by atoms with van der Waals surface area (Å²) < 4.78 is 5.44. The average Bonchev–Trinajstić information content (AvgIpc) is 2.59. The van der Waals surface area contributed by atoms with Crippen LogP contribution in [0.15, 0.2) is 18.2 Å². The second-order valence-corrected chi connectivity index (χ2v) is 4.87. The van der Waals surface area contributed by atoms with Gasteiger partial charge in [0.05, 0.1) is 0 Å². The maximum absolute atomic E-state index is 6.07. The van der Waals surface area contributed by atoms with Crippen molar-refractivity contribution in [3.63, 3.8) is 0 Å². The average molecular weight is 224 g/mol. The molecule has 0 saturated carbocycles. The van der Waals surface area contributed by atoms with E-state index in [1.54, 1.807) is 0 Å². The first kappa shape index (κ1) is 9.49. The molecule has 0 aromatic heterocycles. The van der Waals surface area contributed by atoms with Gasteiger partial charge in [0.15, 0.2) is 0 Å². The summed E-state index contributed by atoms with van der Waals surface area (Å²) >= 11 is 6.07. The molecule has 0 radical (unpaired) electrons. The van der Waals surface area contributed by atoms with E-state index in [1.807, 2.05) is 6.07 Å². The largest absolute Gasteiger partial charge is 0.384 e. The van der Waals surface area contributed by atoms with Gasteiger partial charge in [0, 0.05) is 35.9 Å². The minimum absolute atomic E-state index is 0.276. The van der Waals surface area contributed by atoms with E-state index in [0.717, 1.165) is 37.6 Å². The summed E-state index contributed by atoms with van der Waals surface area (Å²) in [5, 5.41) is 4.31. The van der Waals surface area contributed by atoms with Crippen molar-refractivity contribution >= 4 is 17.3 Å². The molecule has 0 amide bonds. The Balaban J connectivity index is 2.05. The lowest BCUT2D eigenvalue weighted by Crippen LogP contribution is -2.35. The van der Waals surface area contributed by atoms with Crippen LogP contribution in [0.25, 0.3) is 0 Å². The van der Waals surface area contributed by atoms with Crippen molar-refractivity contribution in [2.75, 3.05) is 25.1 Å². The molecular formula is C12H14ClNO. The van der Waals surface area contributed by atoms with E-state index >= 15 is 0 Å². The summed E-state index contributed by atoms with van der Waals surface area (Å²) in [6, 6.07) is 6.15. The van der Waals surface area contributed by atoms with Crippen molar-refractivity contribution in [1.82, 2.24) is 0 Å². The lowest BCUT2D eigenvalue weighted by Gasteiger charge is -2.33. The molecule has 1 spiro atoms. The summed E-state index contributed by atoms with van der Waals surface area (Å²) in [5.74, 6) is 0. The Kier molecular flexibility index (Phi) is 2.15. The number of fused-ring (bicyclic) bond motifs is 2. The minimum atomic E-state index is 0.276. The standard InChI is InChI=1S/C12H14ClNO/c13-9-1-2-11-10(7-9)12(8-14-11)3-5-15-6-4-12/h1-2,7,14H,3-6,8H2. The van der Waals surface area contributed by atoms with Crippen molar-refractivity contribution in [3.8, 4) is 0 Å². The van der Waals surface area contributed by atoms with Gasteiger partial charge >= 0.3 is 0 Å². The molecule has 0 atom stereocenters. The van der Waals surface area contributed by atoms with Crippen LogP contribution in [0.2, 0.25) is 5.02 Å². The van der Waals surface area contributed by atoms with Gasteiger partial charge in [0.1, 0.15) is 0 Å². The van der Waals surface area contributed by atoms with Crippen molar-refractivity contribution in [1.29, 1.82) is 0 Å². The van der Waals surface area contributed by atoms with Gasteiger partial charge in [0.25, 0.3) is 0 Å². The molecule has 1 aromatic carbocycles. The van der Waals surface area contributed by atoms with Gasteiger partial charge in [-0.3, -0.25) is 0 Å². The van der Waals surface area contributed by atoms with E-state index < -0.39 is 0 Å². The molecule has 3 rings (SSSR count). The zero-order valence-electron chi connectivity index (χ0n) is 8.55. The Morgan fingerprint density at radius 3 is 2.87 bits per heavy atom. The fraction of sp³-hybridized carbons (Fsp3) is 0.500. The van der Waals surface area contributed by atoms with Gasteiger partial charge < -0.3 is 10.1 Å². The van der Waals surface area contributed by atoms with Crippen LogP contribution in [0.3, 0.4) is 0 Å². The Morgan fingerprint density at radius 1 is 1.27 bits per heavy atom. The van der Waals surface area contributed by atoms with E-state index in [-0.39, 0.29) is 5.41 Å². The smallest absolute Gasteiger partial charge is 0.0475 e. The topological polar surface area (TPSA) is 21.3 Å². The minimum Gasteiger partial charge on any atom is -0.384 e. The summed E-state index contributed by atoms with van der Waals surface area (Å²) in [4.78, 5) is 0. The van der Waals surface area contributed by atoms with E-state index in [9.17, 15) is 0 Å². The molecular weight excluding hydrogens is 210 g/mol. The first-order valence-corrected chi connectivity index (χ1v) is 5.80. The molecule has 15 heavy (non-hydrogen) atoms. The monoisotopic (exact) mass is 223 g/mol. The lowest BCUT2D eigenvalue weighted by atomic mass is 9.76. The van der Waals surface area contributed by atoms with Crippen LogP contribution in [0.1, 0.15) is 18.4 Å². The molecule has 2 aliphatic heterocycles. The molecule has 1 N–H and O–H groups in total. The number of hydrogen-bond donors (Lipinski definition) is 1. The molecule has 0 bridgehead atoms. The van der Waals surface area contributed by atoms with Crippen molar-refractivity contribution in [2.45, 2.75) is 18.3 Å². The second kappa shape index (κ2) is 3.39. The number of benzene rings is 1. The highest BCUT2D eigenvalue weighted by atomic mass is 35.5. The van der Waals surface area contributed by atoms with Crippen LogP contribution in [0, 0.1) is 0 Å². The van der Waals surface area contributed by atoms with Gasteiger partial charge in [-0.1, -0.05) is 11.6 Å². The summed E-state index contributed by atoms with van der Waals surface area (Å²) in [6.45, 7) is 2.77. The molecule has 0 unspecified atom stereocenters. The molecule has 3 heteroatoms. The number of anilines is 1. The first-order chi connectivity index (χ1) is 7.30. The van der Waals surface area contributed by atoms with Gasteiger partial charge in [-0.25, -0.2) is 0 Å². The number of ether oxygens (including phenoxy) is 1. The quantitative estimate of drug-likeness (QED) is 0.730. The van der Waals surface area contributed by atoms with Crippen LogP contribution in [0.5, 0.6) is 0 Å². The molecule has 2 nitrogen and oxygen atoms in total. The predicted molar refractivity (Wildman–Crippen MR) is 61.7 cm³/mol. The molecule has 80 valence electrons. The lowest BCUT2D eigenvalue weighted by molar-refractivity contribution is 0.0567. The van der Waals surface area contributed by atoms with E-state index in [2.05, 4.69) is 17.4 Å². The molecule has 0 aliphatic carbocycles. The normalized spacial score (nSPS) is 22.5.